The number of likely N-dealkylation sites (N-methyl/N-ethyl adjacent to an activating group) is 1. The fourth-order valence-electron chi connectivity index (χ4n) is 3.47. The zero-order valence-electron chi connectivity index (χ0n) is 20.4. The number of carbonyl (C=O) groups is 2. The molecule has 180 valence electrons. The van der Waals surface area contributed by atoms with Crippen LogP contribution in [-0.4, -0.2) is 36.9 Å². The Morgan fingerprint density at radius 3 is 2.08 bits per heavy atom. The number of Topliss-reactive ketones (excluding diaryl/α,β-unsaturated/α-hetero) is 1. The lowest BCUT2D eigenvalue weighted by molar-refractivity contribution is -0.138. The monoisotopic (exact) mass is 476 g/mol. The molecule has 3 rings (SSSR count). The molecule has 0 N–H and O–H groups in total. The second-order valence-electron chi connectivity index (χ2n) is 8.00. The van der Waals surface area contributed by atoms with E-state index in [1.165, 1.54) is 6.08 Å². The molecule has 0 amide bonds. The van der Waals surface area contributed by atoms with Gasteiger partial charge in [0.2, 0.25) is 0 Å². The molecule has 3 aromatic carbocycles. The number of nitrogens with zero attached hydrogens (tertiary/aromatic N) is 2. The molecular formula is C31H28N2O3. The molecule has 0 aromatic heterocycles. The summed E-state index contributed by atoms with van der Waals surface area (Å²) >= 11 is 0. The highest BCUT2D eigenvalue weighted by atomic mass is 16.5. The minimum Gasteiger partial charge on any atom is -0.462 e. The Kier molecular flexibility index (Phi) is 9.55. The lowest BCUT2D eigenvalue weighted by Crippen LogP contribution is -2.21. The normalized spacial score (nSPS) is 11.7. The van der Waals surface area contributed by atoms with Gasteiger partial charge < -0.3 is 9.64 Å². The Bertz CT molecular complexity index is 1300. The number of esters is 1. The molecule has 0 aliphatic carbocycles. The molecule has 36 heavy (non-hydrogen) atoms. The van der Waals surface area contributed by atoms with Crippen LogP contribution in [0.1, 0.15) is 22.8 Å². The molecule has 0 fully saturated rings. The number of ether oxygens (including phenoxy) is 1. The molecule has 0 heterocycles. The van der Waals surface area contributed by atoms with Crippen molar-refractivity contribution >= 4 is 17.3 Å². The minimum atomic E-state index is -0.659. The molecule has 0 saturated carbocycles. The number of hydrogen-bond donors (Lipinski definition) is 0. The Morgan fingerprint density at radius 1 is 0.861 bits per heavy atom. The van der Waals surface area contributed by atoms with Crippen LogP contribution >= 0.6 is 0 Å². The van der Waals surface area contributed by atoms with Gasteiger partial charge in [-0.05, 0) is 47.5 Å². The maximum Gasteiger partial charge on any atom is 0.348 e. The predicted octanol–water partition coefficient (Wildman–Crippen LogP) is 6.08. The van der Waals surface area contributed by atoms with Crippen LogP contribution in [-0.2, 0) is 9.53 Å². The van der Waals surface area contributed by atoms with E-state index in [0.29, 0.717) is 5.56 Å². The van der Waals surface area contributed by atoms with Gasteiger partial charge in [0.15, 0.2) is 5.78 Å². The Labute approximate surface area is 212 Å². The Hall–Kier alpha value is -4.69. The quantitative estimate of drug-likeness (QED) is 0.117. The summed E-state index contributed by atoms with van der Waals surface area (Å²) in [6.45, 7) is 2.09. The van der Waals surface area contributed by atoms with E-state index in [4.69, 9.17) is 4.74 Å². The molecule has 0 spiro atoms. The van der Waals surface area contributed by atoms with Crippen molar-refractivity contribution in [3.05, 3.63) is 126 Å². The van der Waals surface area contributed by atoms with Gasteiger partial charge in [-0.25, -0.2) is 4.79 Å². The molecule has 5 nitrogen and oxygen atoms in total. The third kappa shape index (κ3) is 7.41. The van der Waals surface area contributed by atoms with Crippen LogP contribution in [0.4, 0.5) is 0 Å². The average molecular weight is 477 g/mol. The van der Waals surface area contributed by atoms with Crippen molar-refractivity contribution < 1.29 is 14.3 Å². The van der Waals surface area contributed by atoms with E-state index in [-0.39, 0.29) is 24.5 Å². The first-order chi connectivity index (χ1) is 17.5. The maximum absolute atomic E-state index is 12.8. The number of allylic oxidation sites excluding steroid dienone is 4. The number of carbonyl (C=O) groups excluding carboxylic acids is 2. The zero-order valence-corrected chi connectivity index (χ0v) is 20.4. The summed E-state index contributed by atoms with van der Waals surface area (Å²) in [6.07, 6.45) is 6.79. The third-order valence-electron chi connectivity index (χ3n) is 5.37. The smallest absolute Gasteiger partial charge is 0.348 e. The van der Waals surface area contributed by atoms with Crippen LogP contribution in [0.3, 0.4) is 0 Å². The van der Waals surface area contributed by atoms with Crippen LogP contribution in [0, 0.1) is 11.3 Å². The lowest BCUT2D eigenvalue weighted by Gasteiger charge is -2.14. The van der Waals surface area contributed by atoms with Gasteiger partial charge in [0.25, 0.3) is 0 Å². The number of rotatable bonds is 10. The second-order valence-corrected chi connectivity index (χ2v) is 8.00. The van der Waals surface area contributed by atoms with E-state index in [1.54, 1.807) is 24.1 Å². The van der Waals surface area contributed by atoms with E-state index in [9.17, 15) is 14.9 Å². The second kappa shape index (κ2) is 13.3. The van der Waals surface area contributed by atoms with Crippen molar-refractivity contribution in [2.24, 2.45) is 0 Å². The number of hydrogen-bond acceptors (Lipinski definition) is 5. The molecule has 3 aromatic rings. The van der Waals surface area contributed by atoms with E-state index >= 15 is 0 Å². The molecular weight excluding hydrogens is 448 g/mol. The molecule has 0 atom stereocenters. The highest BCUT2D eigenvalue weighted by Gasteiger charge is 2.10. The van der Waals surface area contributed by atoms with Gasteiger partial charge in [0.1, 0.15) is 11.6 Å². The van der Waals surface area contributed by atoms with E-state index in [2.05, 4.69) is 0 Å². The van der Waals surface area contributed by atoms with Crippen LogP contribution < -0.4 is 0 Å². The van der Waals surface area contributed by atoms with Crippen molar-refractivity contribution in [1.29, 1.82) is 5.26 Å². The van der Waals surface area contributed by atoms with Crippen molar-refractivity contribution in [2.75, 3.05) is 20.2 Å². The third-order valence-corrected chi connectivity index (χ3v) is 5.37. The van der Waals surface area contributed by atoms with E-state index in [0.717, 1.165) is 22.3 Å². The van der Waals surface area contributed by atoms with Gasteiger partial charge in [-0.2, -0.15) is 5.26 Å². The topological polar surface area (TPSA) is 70.4 Å². The molecule has 0 bridgehead atoms. The number of nitriles is 1. The fourth-order valence-corrected chi connectivity index (χ4v) is 3.47. The highest BCUT2D eigenvalue weighted by molar-refractivity contribution is 5.98. The first kappa shape index (κ1) is 25.9. The minimum absolute atomic E-state index is 0.000904. The average Bonchev–Trinajstić information content (AvgIpc) is 2.92. The van der Waals surface area contributed by atoms with Crippen molar-refractivity contribution in [1.82, 2.24) is 4.90 Å². The van der Waals surface area contributed by atoms with Crippen LogP contribution in [0.2, 0.25) is 0 Å². The van der Waals surface area contributed by atoms with Gasteiger partial charge in [-0.3, -0.25) is 4.79 Å². The van der Waals surface area contributed by atoms with E-state index < -0.39 is 5.97 Å². The first-order valence-electron chi connectivity index (χ1n) is 11.6. The van der Waals surface area contributed by atoms with E-state index in [1.807, 2.05) is 104 Å². The summed E-state index contributed by atoms with van der Waals surface area (Å²) in [5, 5.41) is 9.30. The van der Waals surface area contributed by atoms with Crippen molar-refractivity contribution in [3.63, 3.8) is 0 Å². The summed E-state index contributed by atoms with van der Waals surface area (Å²) in [4.78, 5) is 26.6. The molecule has 5 heteroatoms. The van der Waals surface area contributed by atoms with Crippen molar-refractivity contribution in [2.45, 2.75) is 6.92 Å². The number of ketones is 1. The van der Waals surface area contributed by atoms with Crippen molar-refractivity contribution in [3.8, 4) is 17.2 Å². The van der Waals surface area contributed by atoms with Gasteiger partial charge in [-0.1, -0.05) is 91.0 Å². The molecule has 0 radical (unpaired) electrons. The molecule has 0 aliphatic rings. The van der Waals surface area contributed by atoms with Crippen LogP contribution in [0.25, 0.3) is 16.7 Å². The Morgan fingerprint density at radius 2 is 1.47 bits per heavy atom. The van der Waals surface area contributed by atoms with Gasteiger partial charge >= 0.3 is 5.97 Å². The molecule has 0 aliphatic heterocycles. The lowest BCUT2D eigenvalue weighted by atomic mass is 10.0. The molecule has 0 saturated heterocycles. The first-order valence-corrected chi connectivity index (χ1v) is 11.6. The Balaban J connectivity index is 1.73. The highest BCUT2D eigenvalue weighted by Crippen LogP contribution is 2.20. The van der Waals surface area contributed by atoms with Gasteiger partial charge in [0, 0.05) is 12.6 Å². The zero-order chi connectivity index (χ0) is 25.8. The summed E-state index contributed by atoms with van der Waals surface area (Å²) < 4.78 is 4.93. The largest absolute Gasteiger partial charge is 0.462 e. The van der Waals surface area contributed by atoms with Gasteiger partial charge in [0.05, 0.1) is 13.2 Å². The summed E-state index contributed by atoms with van der Waals surface area (Å²) in [5.74, 6) is -0.658. The van der Waals surface area contributed by atoms with Gasteiger partial charge in [-0.15, -0.1) is 0 Å². The summed E-state index contributed by atoms with van der Waals surface area (Å²) in [5.41, 5.74) is 4.41. The SMILES string of the molecule is CCOC(=O)C(C#N)=CC=C(C=CN(C)CC(=O)c1ccc(-c2ccccc2)cc1)c1ccccc1. The summed E-state index contributed by atoms with van der Waals surface area (Å²) in [7, 11) is 1.82. The number of benzene rings is 3. The fraction of sp³-hybridized carbons (Fsp3) is 0.129. The maximum atomic E-state index is 12.8. The van der Waals surface area contributed by atoms with Crippen LogP contribution in [0.15, 0.2) is 115 Å². The standard InChI is InChI=1S/C31H28N2O3/c1-3-36-31(35)29(22-32)19-16-27(25-12-8-5-9-13-25)20-21-33(2)23-30(34)28-17-14-26(15-18-28)24-10-6-4-7-11-24/h4-21H,3,23H2,1-2H3. The van der Waals surface area contributed by atoms with Crippen LogP contribution in [0.5, 0.6) is 0 Å². The molecule has 0 unspecified atom stereocenters. The predicted molar refractivity (Wildman–Crippen MR) is 143 cm³/mol. The summed E-state index contributed by atoms with van der Waals surface area (Å²) in [6, 6.07) is 29.1.